The number of sulfonamides is 1. The van der Waals surface area contributed by atoms with Crippen LogP contribution in [0.1, 0.15) is 5.56 Å². The minimum atomic E-state index is -3.78. The van der Waals surface area contributed by atoms with Crippen molar-refractivity contribution < 1.29 is 17.9 Å². The van der Waals surface area contributed by atoms with E-state index in [1.54, 1.807) is 42.6 Å². The van der Waals surface area contributed by atoms with Crippen molar-refractivity contribution in [3.63, 3.8) is 0 Å². The summed E-state index contributed by atoms with van der Waals surface area (Å²) < 4.78 is 41.7. The van der Waals surface area contributed by atoms with Crippen LogP contribution in [0.2, 0.25) is 0 Å². The zero-order chi connectivity index (χ0) is 18.6. The number of aliphatic hydroxyl groups excluding tert-OH is 1. The fourth-order valence-corrected chi connectivity index (χ4v) is 4.15. The van der Waals surface area contributed by atoms with E-state index in [9.17, 15) is 17.9 Å². The van der Waals surface area contributed by atoms with Gasteiger partial charge in [0.1, 0.15) is 5.82 Å². The molecule has 1 aromatic heterocycles. The van der Waals surface area contributed by atoms with Gasteiger partial charge < -0.3 is 5.11 Å². The Morgan fingerprint density at radius 1 is 1.12 bits per heavy atom. The molecule has 0 saturated carbocycles. The second kappa shape index (κ2) is 7.90. The van der Waals surface area contributed by atoms with Crippen LogP contribution in [-0.4, -0.2) is 31.7 Å². The predicted octanol–water partition coefficient (Wildman–Crippen LogP) is 2.50. The van der Waals surface area contributed by atoms with Gasteiger partial charge in [-0.1, -0.05) is 30.3 Å². The fourth-order valence-electron chi connectivity index (χ4n) is 2.81. The predicted molar refractivity (Wildman–Crippen MR) is 97.6 cm³/mol. The Morgan fingerprint density at radius 2 is 1.92 bits per heavy atom. The van der Waals surface area contributed by atoms with Crippen LogP contribution in [0.25, 0.3) is 10.8 Å². The highest BCUT2D eigenvalue weighted by atomic mass is 32.2. The molecule has 0 amide bonds. The third-order valence-electron chi connectivity index (χ3n) is 4.22. The number of nitrogens with one attached hydrogen (secondary N) is 1. The second-order valence-electron chi connectivity index (χ2n) is 6.05. The Morgan fingerprint density at radius 3 is 2.69 bits per heavy atom. The molecule has 1 unspecified atom stereocenters. The summed E-state index contributed by atoms with van der Waals surface area (Å²) in [6, 6.07) is 12.9. The van der Waals surface area contributed by atoms with E-state index in [1.807, 2.05) is 0 Å². The van der Waals surface area contributed by atoms with Gasteiger partial charge in [-0.3, -0.25) is 4.98 Å². The largest absolute Gasteiger partial charge is 0.396 e. The van der Waals surface area contributed by atoms with E-state index < -0.39 is 15.9 Å². The maximum absolute atomic E-state index is 13.8. The first-order chi connectivity index (χ1) is 12.5. The maximum atomic E-state index is 13.8. The molecule has 3 rings (SSSR count). The summed E-state index contributed by atoms with van der Waals surface area (Å²) >= 11 is 0. The zero-order valence-electron chi connectivity index (χ0n) is 14.0. The van der Waals surface area contributed by atoms with E-state index in [1.165, 1.54) is 18.3 Å². The van der Waals surface area contributed by atoms with Gasteiger partial charge in [0.2, 0.25) is 10.0 Å². The molecule has 0 saturated heterocycles. The Kier molecular flexibility index (Phi) is 5.61. The van der Waals surface area contributed by atoms with Crippen LogP contribution in [0, 0.1) is 11.7 Å². The molecule has 0 fully saturated rings. The Hall–Kier alpha value is -2.35. The SMILES string of the molecule is O=S(=O)(NCC(CO)Cc1ccccc1F)c1cccc2cnccc12. The quantitative estimate of drug-likeness (QED) is 0.666. The number of rotatable bonds is 7. The van der Waals surface area contributed by atoms with Crippen molar-refractivity contribution in [3.05, 3.63) is 72.3 Å². The van der Waals surface area contributed by atoms with E-state index in [0.29, 0.717) is 10.9 Å². The molecule has 7 heteroatoms. The van der Waals surface area contributed by atoms with Crippen molar-refractivity contribution >= 4 is 20.8 Å². The van der Waals surface area contributed by atoms with Gasteiger partial charge in [0.25, 0.3) is 0 Å². The third-order valence-corrected chi connectivity index (χ3v) is 5.70. The van der Waals surface area contributed by atoms with E-state index in [2.05, 4.69) is 9.71 Å². The van der Waals surface area contributed by atoms with Crippen molar-refractivity contribution in [2.24, 2.45) is 5.92 Å². The second-order valence-corrected chi connectivity index (χ2v) is 7.78. The number of halogens is 1. The van der Waals surface area contributed by atoms with Crippen molar-refractivity contribution in [1.29, 1.82) is 0 Å². The van der Waals surface area contributed by atoms with Crippen LogP contribution >= 0.6 is 0 Å². The van der Waals surface area contributed by atoms with Crippen molar-refractivity contribution in [3.8, 4) is 0 Å². The lowest BCUT2D eigenvalue weighted by Gasteiger charge is -2.16. The Labute approximate surface area is 151 Å². The smallest absolute Gasteiger partial charge is 0.241 e. The molecule has 2 aromatic carbocycles. The first-order valence-corrected chi connectivity index (χ1v) is 9.66. The maximum Gasteiger partial charge on any atom is 0.241 e. The lowest BCUT2D eigenvalue weighted by Crippen LogP contribution is -2.32. The first kappa shape index (κ1) is 18.4. The highest BCUT2D eigenvalue weighted by Crippen LogP contribution is 2.22. The molecule has 1 atom stereocenters. The summed E-state index contributed by atoms with van der Waals surface area (Å²) in [6.07, 6.45) is 3.38. The van der Waals surface area contributed by atoms with Gasteiger partial charge in [-0.2, -0.15) is 0 Å². The first-order valence-electron chi connectivity index (χ1n) is 8.18. The standard InChI is InChI=1S/C19H19FN2O3S/c20-18-6-2-1-4-15(18)10-14(13-23)11-22-26(24,25)19-7-3-5-16-12-21-9-8-17(16)19/h1-9,12,14,22-23H,10-11,13H2. The molecule has 0 bridgehead atoms. The summed E-state index contributed by atoms with van der Waals surface area (Å²) in [5.74, 6) is -0.798. The molecule has 26 heavy (non-hydrogen) atoms. The van der Waals surface area contributed by atoms with E-state index in [4.69, 9.17) is 0 Å². The van der Waals surface area contributed by atoms with Crippen LogP contribution in [0.4, 0.5) is 4.39 Å². The molecular weight excluding hydrogens is 355 g/mol. The Balaban J connectivity index is 1.77. The average Bonchev–Trinajstić information content (AvgIpc) is 2.66. The van der Waals surface area contributed by atoms with E-state index in [0.717, 1.165) is 5.39 Å². The number of benzene rings is 2. The van der Waals surface area contributed by atoms with Gasteiger partial charge in [0.15, 0.2) is 0 Å². The molecule has 2 N–H and O–H groups in total. The van der Waals surface area contributed by atoms with Gasteiger partial charge >= 0.3 is 0 Å². The minimum Gasteiger partial charge on any atom is -0.396 e. The topological polar surface area (TPSA) is 79.3 Å². The van der Waals surface area contributed by atoms with E-state index in [-0.39, 0.29) is 30.3 Å². The number of hydrogen-bond donors (Lipinski definition) is 2. The van der Waals surface area contributed by atoms with Crippen molar-refractivity contribution in [2.45, 2.75) is 11.3 Å². The van der Waals surface area contributed by atoms with Gasteiger partial charge in [0.05, 0.1) is 4.90 Å². The van der Waals surface area contributed by atoms with Crippen molar-refractivity contribution in [1.82, 2.24) is 9.71 Å². The van der Waals surface area contributed by atoms with E-state index >= 15 is 0 Å². The molecule has 1 heterocycles. The minimum absolute atomic E-state index is 0.00857. The number of fused-ring (bicyclic) bond motifs is 1. The molecular formula is C19H19FN2O3S. The molecule has 3 aromatic rings. The number of nitrogens with zero attached hydrogens (tertiary/aromatic N) is 1. The number of aromatic nitrogens is 1. The molecule has 0 aliphatic rings. The lowest BCUT2D eigenvalue weighted by atomic mass is 10.00. The molecule has 0 aliphatic heterocycles. The summed E-state index contributed by atoms with van der Waals surface area (Å²) in [6.45, 7) is -0.245. The average molecular weight is 374 g/mol. The summed E-state index contributed by atoms with van der Waals surface area (Å²) in [4.78, 5) is 4.15. The van der Waals surface area contributed by atoms with Crippen LogP contribution in [0.15, 0.2) is 65.8 Å². The third kappa shape index (κ3) is 4.07. The molecule has 0 aliphatic carbocycles. The Bertz CT molecular complexity index is 1000. The highest BCUT2D eigenvalue weighted by molar-refractivity contribution is 7.89. The molecule has 0 radical (unpaired) electrons. The van der Waals surface area contributed by atoms with Gasteiger partial charge in [0, 0.05) is 36.3 Å². The number of aliphatic hydroxyl groups is 1. The summed E-state index contributed by atoms with van der Waals surface area (Å²) in [5, 5.41) is 10.8. The number of hydrogen-bond acceptors (Lipinski definition) is 4. The zero-order valence-corrected chi connectivity index (χ0v) is 14.8. The van der Waals surface area contributed by atoms with Gasteiger partial charge in [-0.25, -0.2) is 17.5 Å². The molecule has 136 valence electrons. The van der Waals surface area contributed by atoms with Crippen LogP contribution in [0.5, 0.6) is 0 Å². The van der Waals surface area contributed by atoms with Gasteiger partial charge in [-0.15, -0.1) is 0 Å². The van der Waals surface area contributed by atoms with Crippen LogP contribution < -0.4 is 4.72 Å². The lowest BCUT2D eigenvalue weighted by molar-refractivity contribution is 0.226. The van der Waals surface area contributed by atoms with Crippen LogP contribution in [0.3, 0.4) is 0 Å². The summed E-state index contributed by atoms with van der Waals surface area (Å²) in [7, 11) is -3.78. The van der Waals surface area contributed by atoms with Gasteiger partial charge in [-0.05, 0) is 36.1 Å². The molecule has 5 nitrogen and oxygen atoms in total. The monoisotopic (exact) mass is 374 g/mol. The fraction of sp³-hybridized carbons (Fsp3) is 0.211. The number of pyridine rings is 1. The highest BCUT2D eigenvalue weighted by Gasteiger charge is 2.20. The van der Waals surface area contributed by atoms with Crippen molar-refractivity contribution in [2.75, 3.05) is 13.2 Å². The summed E-state index contributed by atoms with van der Waals surface area (Å²) in [5.41, 5.74) is 0.446. The molecule has 0 spiro atoms. The normalized spacial score (nSPS) is 13.0. The van der Waals surface area contributed by atoms with Crippen LogP contribution in [-0.2, 0) is 16.4 Å².